The SMILES string of the molecule is C.CCCCn1c(=O)c2c(nc(Br)n2Cc2ccc(Cl)cc2)n(C)c1=O.CCCCn1c(=O)c2c(nc(Nc3cccc(OC(F)(F)F)c3)n2Cc2ccc(Cl)cc2)n(C)c1=O.Nc1cccc(OC(F)(F)F)c1. The van der Waals surface area contributed by atoms with Gasteiger partial charge >= 0.3 is 24.1 Å². The number of aryl methyl sites for hydroxylation is 2. The van der Waals surface area contributed by atoms with Gasteiger partial charge in [-0.2, -0.15) is 4.98 Å². The van der Waals surface area contributed by atoms with Gasteiger partial charge in [0.2, 0.25) is 5.95 Å². The van der Waals surface area contributed by atoms with Crippen molar-refractivity contribution in [2.45, 2.75) is 85.9 Å². The van der Waals surface area contributed by atoms with E-state index in [1.165, 1.54) is 61.7 Å². The van der Waals surface area contributed by atoms with Crippen LogP contribution in [0.25, 0.3) is 22.3 Å². The molecule has 0 fully saturated rings. The van der Waals surface area contributed by atoms with Crippen molar-refractivity contribution in [2.75, 3.05) is 11.1 Å². The van der Waals surface area contributed by atoms with Crippen molar-refractivity contribution in [3.05, 3.63) is 165 Å². The standard InChI is InChI=1S/C24H23ClF3N5O3.C17H18BrClN4O2.C7H6F3NO.CH4/c1-3-4-12-32-21(34)19-20(31(2)23(32)35)30-22(33(19)14-15-8-10-16(25)11-9-15)29-17-6-5-7-18(13-17)36-24(26,27)28;1-3-4-9-22-15(24)13-14(21(2)17(22)25)20-16(18)23(13)10-11-5-7-12(19)8-6-11;8-7(9,10)12-6-3-1-2-5(11)4-6;/h5-11,13H,3-4,12,14H2,1-2H3,(H,29,30);5-8H,3-4,9-10H2,1-2H3;1-4H,11H2;1H4. The minimum Gasteiger partial charge on any atom is -0.406 e. The van der Waals surface area contributed by atoms with Crippen LogP contribution in [0.1, 0.15) is 58.1 Å². The number of hydrogen-bond acceptors (Lipinski definition) is 10. The molecule has 0 bridgehead atoms. The van der Waals surface area contributed by atoms with Gasteiger partial charge < -0.3 is 25.1 Å². The number of benzene rings is 4. The van der Waals surface area contributed by atoms with E-state index in [9.17, 15) is 45.5 Å². The van der Waals surface area contributed by atoms with Crippen molar-refractivity contribution in [3.63, 3.8) is 0 Å². The number of hydrogen-bond donors (Lipinski definition) is 2. The van der Waals surface area contributed by atoms with Crippen molar-refractivity contribution in [3.8, 4) is 11.5 Å². The van der Waals surface area contributed by atoms with Crippen LogP contribution >= 0.6 is 39.1 Å². The predicted molar refractivity (Wildman–Crippen MR) is 278 cm³/mol. The van der Waals surface area contributed by atoms with Crippen molar-refractivity contribution in [2.24, 2.45) is 14.1 Å². The smallest absolute Gasteiger partial charge is 0.406 e. The molecule has 0 saturated carbocycles. The average Bonchev–Trinajstić information content (AvgIpc) is 3.84. The molecule has 8 aromatic rings. The fraction of sp³-hybridized carbons (Fsp3) is 0.306. The summed E-state index contributed by atoms with van der Waals surface area (Å²) < 4.78 is 89.6. The number of nitrogens with one attached hydrogen (secondary N) is 1. The van der Waals surface area contributed by atoms with E-state index < -0.39 is 29.7 Å². The Morgan fingerprint density at radius 3 is 1.51 bits per heavy atom. The topological polar surface area (TPSA) is 180 Å². The number of aromatic nitrogens is 8. The zero-order valence-electron chi connectivity index (χ0n) is 39.4. The predicted octanol–water partition coefficient (Wildman–Crippen LogP) is 11.0. The van der Waals surface area contributed by atoms with Gasteiger partial charge in [-0.3, -0.25) is 32.4 Å². The Kier molecular flexibility index (Phi) is 19.4. The lowest BCUT2D eigenvalue weighted by Gasteiger charge is -2.13. The maximum absolute atomic E-state index is 13.4. The Morgan fingerprint density at radius 1 is 0.622 bits per heavy atom. The first-order valence-electron chi connectivity index (χ1n) is 22.3. The third-order valence-electron chi connectivity index (χ3n) is 10.8. The lowest BCUT2D eigenvalue weighted by atomic mass is 10.2. The molecule has 0 atom stereocenters. The number of fused-ring (bicyclic) bond motifs is 2. The van der Waals surface area contributed by atoms with E-state index in [2.05, 4.69) is 40.7 Å². The maximum Gasteiger partial charge on any atom is 0.573 e. The Bertz CT molecular complexity index is 3460. The summed E-state index contributed by atoms with van der Waals surface area (Å²) in [5.41, 5.74) is 6.99. The minimum atomic E-state index is -4.85. The molecule has 4 aromatic carbocycles. The molecular formula is C49H51BrCl2F6N10O6. The van der Waals surface area contributed by atoms with Crippen LogP contribution in [0.5, 0.6) is 11.5 Å². The molecule has 0 spiro atoms. The van der Waals surface area contributed by atoms with Gasteiger partial charge in [0.05, 0.1) is 13.1 Å². The number of anilines is 3. The Labute approximate surface area is 437 Å². The van der Waals surface area contributed by atoms with Crippen molar-refractivity contribution >= 4 is 78.8 Å². The molecule has 0 radical (unpaired) electrons. The monoisotopic (exact) mass is 1140 g/mol. The third-order valence-corrected chi connectivity index (χ3v) is 11.9. The molecule has 0 aliphatic carbocycles. The van der Waals surface area contributed by atoms with E-state index >= 15 is 0 Å². The number of rotatable bonds is 14. The molecule has 8 rings (SSSR count). The van der Waals surface area contributed by atoms with Crippen LogP contribution in [0.3, 0.4) is 0 Å². The summed E-state index contributed by atoms with van der Waals surface area (Å²) in [5, 5.41) is 4.17. The lowest BCUT2D eigenvalue weighted by molar-refractivity contribution is -0.275. The number of halogens is 9. The number of nitrogens with two attached hydrogens (primary N) is 1. The summed E-state index contributed by atoms with van der Waals surface area (Å²) in [5.74, 6) is -0.547. The van der Waals surface area contributed by atoms with Gasteiger partial charge in [0.25, 0.3) is 11.1 Å². The first-order valence-corrected chi connectivity index (χ1v) is 23.8. The second kappa shape index (κ2) is 24.8. The highest BCUT2D eigenvalue weighted by Gasteiger charge is 2.32. The van der Waals surface area contributed by atoms with E-state index in [1.54, 1.807) is 52.6 Å². The number of alkyl halides is 6. The maximum atomic E-state index is 13.4. The number of nitrogen functional groups attached to an aromatic ring is 1. The van der Waals surface area contributed by atoms with Crippen LogP contribution in [-0.2, 0) is 40.3 Å². The average molecular weight is 1140 g/mol. The molecule has 396 valence electrons. The summed E-state index contributed by atoms with van der Waals surface area (Å²) in [6, 6.07) is 24.8. The van der Waals surface area contributed by atoms with Crippen LogP contribution < -0.4 is 43.0 Å². The van der Waals surface area contributed by atoms with Gasteiger partial charge in [-0.15, -0.1) is 26.3 Å². The van der Waals surface area contributed by atoms with Crippen LogP contribution in [0.15, 0.2) is 121 Å². The van der Waals surface area contributed by atoms with E-state index in [0.29, 0.717) is 45.5 Å². The molecule has 25 heteroatoms. The van der Waals surface area contributed by atoms with Gasteiger partial charge in [-0.05, 0) is 88.4 Å². The molecule has 0 saturated heterocycles. The fourth-order valence-electron chi connectivity index (χ4n) is 7.29. The van der Waals surface area contributed by atoms with Crippen molar-refractivity contribution in [1.82, 2.24) is 37.4 Å². The molecule has 74 heavy (non-hydrogen) atoms. The zero-order chi connectivity index (χ0) is 53.4. The van der Waals surface area contributed by atoms with E-state index in [1.807, 2.05) is 26.0 Å². The quantitative estimate of drug-likeness (QED) is 0.0604. The molecule has 0 unspecified atom stereocenters. The van der Waals surface area contributed by atoms with Gasteiger partial charge in [-0.1, -0.05) is 93.7 Å². The number of ether oxygens (including phenoxy) is 2. The van der Waals surface area contributed by atoms with Crippen LogP contribution in [0.4, 0.5) is 43.7 Å². The highest BCUT2D eigenvalue weighted by atomic mass is 79.9. The first kappa shape index (κ1) is 57.9. The number of unbranched alkanes of at least 4 members (excludes halogenated alkanes) is 2. The van der Waals surface area contributed by atoms with Gasteiger partial charge in [0.15, 0.2) is 27.1 Å². The van der Waals surface area contributed by atoms with Crippen LogP contribution in [0, 0.1) is 0 Å². The highest BCUT2D eigenvalue weighted by molar-refractivity contribution is 9.10. The second-order valence-electron chi connectivity index (χ2n) is 16.2. The number of imidazole rings is 2. The Morgan fingerprint density at radius 2 is 1.05 bits per heavy atom. The van der Waals surface area contributed by atoms with E-state index in [4.69, 9.17) is 28.9 Å². The Balaban J connectivity index is 0.000000230. The third kappa shape index (κ3) is 14.6. The van der Waals surface area contributed by atoms with Crippen molar-refractivity contribution < 1.29 is 35.8 Å². The summed E-state index contributed by atoms with van der Waals surface area (Å²) in [4.78, 5) is 60.6. The molecule has 0 amide bonds. The molecule has 4 heterocycles. The van der Waals surface area contributed by atoms with E-state index in [0.717, 1.165) is 42.5 Å². The lowest BCUT2D eigenvalue weighted by Crippen LogP contribution is -2.39. The second-order valence-corrected chi connectivity index (χ2v) is 17.8. The molecule has 3 N–H and O–H groups in total. The molecule has 0 aliphatic heterocycles. The largest absolute Gasteiger partial charge is 0.573 e. The molecular weight excluding hydrogens is 1090 g/mol. The van der Waals surface area contributed by atoms with E-state index in [-0.39, 0.29) is 66.0 Å². The summed E-state index contributed by atoms with van der Waals surface area (Å²) in [6.07, 6.45) is -6.39. The fourth-order valence-corrected chi connectivity index (χ4v) is 8.02. The van der Waals surface area contributed by atoms with Gasteiger partial charge in [-0.25, -0.2) is 14.6 Å². The number of nitrogens with zero attached hydrogens (tertiary/aromatic N) is 8. The highest BCUT2D eigenvalue weighted by Crippen LogP contribution is 2.29. The first-order chi connectivity index (χ1) is 34.5. The minimum absolute atomic E-state index is 0. The summed E-state index contributed by atoms with van der Waals surface area (Å²) >= 11 is 15.4. The molecule has 16 nitrogen and oxygen atoms in total. The Hall–Kier alpha value is -6.98. The van der Waals surface area contributed by atoms with Gasteiger partial charge in [0, 0.05) is 60.7 Å². The van der Waals surface area contributed by atoms with Crippen molar-refractivity contribution in [1.29, 1.82) is 0 Å². The van der Waals surface area contributed by atoms with Crippen LogP contribution in [0.2, 0.25) is 10.0 Å². The van der Waals surface area contributed by atoms with Gasteiger partial charge in [0.1, 0.15) is 11.5 Å². The summed E-state index contributed by atoms with van der Waals surface area (Å²) in [7, 11) is 3.16. The van der Waals surface area contributed by atoms with Crippen LogP contribution in [-0.4, -0.2) is 50.1 Å². The molecule has 0 aliphatic rings. The summed E-state index contributed by atoms with van der Waals surface area (Å²) in [6.45, 7) is 5.28. The molecule has 4 aromatic heterocycles. The normalized spacial score (nSPS) is 11.4. The zero-order valence-corrected chi connectivity index (χ0v) is 42.5.